The van der Waals surface area contributed by atoms with Gasteiger partial charge in [-0.15, -0.1) is 10.2 Å². The van der Waals surface area contributed by atoms with Gasteiger partial charge in [-0.1, -0.05) is 19.0 Å². The zero-order chi connectivity index (χ0) is 33.5. The predicted molar refractivity (Wildman–Crippen MR) is 115 cm³/mol. The van der Waals surface area contributed by atoms with Crippen LogP contribution in [0.25, 0.3) is 23.0 Å². The second-order valence-electron chi connectivity index (χ2n) is 6.90. The van der Waals surface area contributed by atoms with Crippen LogP contribution in [-0.4, -0.2) is 40.3 Å². The van der Waals surface area contributed by atoms with E-state index in [4.69, 9.17) is 16.4 Å². The summed E-state index contributed by atoms with van der Waals surface area (Å²) >= 11 is 0. The number of benzene rings is 1. The molecule has 8 nitrogen and oxygen atoms in total. The van der Waals surface area contributed by atoms with E-state index in [-0.39, 0.29) is 27.9 Å². The number of fused-ring (bicyclic) bond motifs is 3. The SMILES string of the molecule is [2H]C([2H])([2H])C([2H])([2H])C1c2nncn2-c2cnc(-n3ccnc3-c3ccc(C(F)(F)F)cc3)nc2N1C([2H])(C([2H])([2H])[2H])C([2H])([2H])[2H]. The lowest BCUT2D eigenvalue weighted by Gasteiger charge is -2.39. The van der Waals surface area contributed by atoms with Gasteiger partial charge in [-0.2, -0.15) is 18.2 Å². The maximum absolute atomic E-state index is 13.1. The fraction of sp³-hybridized carbons (Fsp3) is 0.318. The van der Waals surface area contributed by atoms with E-state index in [1.54, 1.807) is 0 Å². The average molecular weight is 467 g/mol. The minimum atomic E-state index is -4.61. The number of anilines is 1. The molecular formula is C22H21F3N8. The maximum atomic E-state index is 13.1. The maximum Gasteiger partial charge on any atom is 0.416 e. The summed E-state index contributed by atoms with van der Waals surface area (Å²) in [5.74, 6) is -1.54. The van der Waals surface area contributed by atoms with Gasteiger partial charge in [0.15, 0.2) is 11.6 Å². The van der Waals surface area contributed by atoms with E-state index in [2.05, 4.69) is 25.1 Å². The lowest BCUT2D eigenvalue weighted by molar-refractivity contribution is -0.137. The Hall–Kier alpha value is -3.76. The molecule has 0 spiro atoms. The van der Waals surface area contributed by atoms with Crippen LogP contribution in [-0.2, 0) is 6.18 Å². The van der Waals surface area contributed by atoms with Crippen LogP contribution in [0.2, 0.25) is 0 Å². The molecular weight excluding hydrogens is 433 g/mol. The molecule has 0 fully saturated rings. The Labute approximate surface area is 204 Å². The third kappa shape index (κ3) is 3.43. The molecule has 3 aromatic heterocycles. The van der Waals surface area contributed by atoms with Crippen molar-refractivity contribution < 1.29 is 29.6 Å². The highest BCUT2D eigenvalue weighted by atomic mass is 19.4. The quantitative estimate of drug-likeness (QED) is 0.437. The molecule has 170 valence electrons. The molecule has 0 aliphatic carbocycles. The first kappa shape index (κ1) is 11.4. The molecule has 0 saturated carbocycles. The lowest BCUT2D eigenvalue weighted by Crippen LogP contribution is -2.40. The van der Waals surface area contributed by atoms with Gasteiger partial charge >= 0.3 is 6.18 Å². The van der Waals surface area contributed by atoms with Crippen LogP contribution in [0, 0.1) is 0 Å². The van der Waals surface area contributed by atoms with Crippen LogP contribution in [0.4, 0.5) is 19.0 Å². The summed E-state index contributed by atoms with van der Waals surface area (Å²) in [7, 11) is 0. The zero-order valence-electron chi connectivity index (χ0n) is 28.4. The number of imidazole rings is 1. The highest BCUT2D eigenvalue weighted by Crippen LogP contribution is 2.39. The fourth-order valence-corrected chi connectivity index (χ4v) is 3.53. The van der Waals surface area contributed by atoms with Crippen molar-refractivity contribution in [2.24, 2.45) is 0 Å². The van der Waals surface area contributed by atoms with E-state index < -0.39 is 62.4 Å². The Kier molecular flexibility index (Phi) is 2.65. The fourth-order valence-electron chi connectivity index (χ4n) is 3.53. The number of alkyl halides is 3. The van der Waals surface area contributed by atoms with Gasteiger partial charge < -0.3 is 4.90 Å². The highest BCUT2D eigenvalue weighted by molar-refractivity contribution is 5.64. The van der Waals surface area contributed by atoms with Crippen LogP contribution in [0.15, 0.2) is 49.2 Å². The molecule has 1 atom stereocenters. The van der Waals surface area contributed by atoms with Crippen LogP contribution in [0.5, 0.6) is 0 Å². The monoisotopic (exact) mass is 466 g/mol. The molecule has 0 amide bonds. The highest BCUT2D eigenvalue weighted by Gasteiger charge is 2.35. The summed E-state index contributed by atoms with van der Waals surface area (Å²) in [5, 5.41) is 7.46. The Bertz CT molecular complexity index is 1710. The summed E-state index contributed by atoms with van der Waals surface area (Å²) in [6.07, 6.45) is -3.41. The zero-order valence-corrected chi connectivity index (χ0v) is 16.4. The van der Waals surface area contributed by atoms with Gasteiger partial charge in [-0.05, 0) is 32.2 Å². The van der Waals surface area contributed by atoms with Gasteiger partial charge in [0.2, 0.25) is 5.95 Å². The van der Waals surface area contributed by atoms with Crippen molar-refractivity contribution in [2.45, 2.75) is 45.2 Å². The Morgan fingerprint density at radius 3 is 2.73 bits per heavy atom. The van der Waals surface area contributed by atoms with Crippen molar-refractivity contribution in [3.8, 4) is 23.0 Å². The van der Waals surface area contributed by atoms with Crippen LogP contribution in [0.1, 0.15) is 60.8 Å². The first-order valence-corrected chi connectivity index (χ1v) is 9.30. The van der Waals surface area contributed by atoms with Gasteiger partial charge in [0.05, 0.1) is 19.2 Å². The van der Waals surface area contributed by atoms with Crippen molar-refractivity contribution >= 4 is 5.82 Å². The molecule has 4 heterocycles. The molecule has 4 aromatic rings. The van der Waals surface area contributed by atoms with E-state index in [1.165, 1.54) is 17.0 Å². The number of rotatable bonds is 4. The molecule has 5 rings (SSSR count). The summed E-state index contributed by atoms with van der Waals surface area (Å²) in [6, 6.07) is -2.17. The summed E-state index contributed by atoms with van der Waals surface area (Å²) in [5.41, 5.74) is -0.966. The van der Waals surface area contributed by atoms with Crippen molar-refractivity contribution in [3.05, 3.63) is 60.6 Å². The lowest BCUT2D eigenvalue weighted by atomic mass is 10.1. The Morgan fingerprint density at radius 1 is 1.18 bits per heavy atom. The number of aromatic nitrogens is 7. The molecule has 1 aromatic carbocycles. The van der Waals surface area contributed by atoms with Crippen LogP contribution < -0.4 is 4.90 Å². The van der Waals surface area contributed by atoms with Crippen molar-refractivity contribution in [1.29, 1.82) is 0 Å². The standard InChI is InChI=1S/C22H21F3N8/c1-4-16-20-30-28-12-32(20)17-11-27-21(29-19(17)33(16)13(2)3)31-10-9-26-18(31)14-5-7-15(8-6-14)22(23,24)25/h5-13,16H,4H2,1-3H3/i1D3,2D3,3D3,4D2,13D. The molecule has 1 unspecified atom stereocenters. The van der Waals surface area contributed by atoms with E-state index in [0.29, 0.717) is 0 Å². The molecule has 1 aliphatic rings. The predicted octanol–water partition coefficient (Wildman–Crippen LogP) is 4.61. The van der Waals surface area contributed by atoms with Crippen molar-refractivity contribution in [1.82, 2.24) is 34.3 Å². The largest absolute Gasteiger partial charge is 0.416 e. The number of hydrogen-bond acceptors (Lipinski definition) is 6. The van der Waals surface area contributed by atoms with Gasteiger partial charge in [-0.25, -0.2) is 9.97 Å². The minimum absolute atomic E-state index is 0.00849. The van der Waals surface area contributed by atoms with E-state index in [9.17, 15) is 13.2 Å². The van der Waals surface area contributed by atoms with Gasteiger partial charge in [0.25, 0.3) is 0 Å². The summed E-state index contributed by atoms with van der Waals surface area (Å²) in [6.45, 7) is -11.0. The molecule has 0 bridgehead atoms. The number of halogens is 3. The van der Waals surface area contributed by atoms with Gasteiger partial charge in [0, 0.05) is 39.1 Å². The van der Waals surface area contributed by atoms with Crippen molar-refractivity contribution in [3.63, 3.8) is 0 Å². The molecule has 0 saturated heterocycles. The smallest absolute Gasteiger partial charge is 0.342 e. The third-order valence-electron chi connectivity index (χ3n) is 5.01. The molecule has 11 heteroatoms. The summed E-state index contributed by atoms with van der Waals surface area (Å²) in [4.78, 5) is 12.9. The molecule has 0 radical (unpaired) electrons. The van der Waals surface area contributed by atoms with E-state index in [0.717, 1.165) is 41.4 Å². The first-order valence-electron chi connectivity index (χ1n) is 15.3. The normalized spacial score (nSPS) is 22.9. The third-order valence-corrected chi connectivity index (χ3v) is 5.01. The molecule has 33 heavy (non-hydrogen) atoms. The van der Waals surface area contributed by atoms with Crippen LogP contribution >= 0.6 is 0 Å². The van der Waals surface area contributed by atoms with E-state index >= 15 is 0 Å². The first-order chi connectivity index (χ1) is 20.5. The Balaban J connectivity index is 1.79. The van der Waals surface area contributed by atoms with E-state index in [1.807, 2.05) is 0 Å². The topological polar surface area (TPSA) is 77.5 Å². The average Bonchev–Trinajstić information content (AvgIpc) is 3.59. The minimum Gasteiger partial charge on any atom is -0.342 e. The number of hydrogen-bond donors (Lipinski definition) is 0. The van der Waals surface area contributed by atoms with Gasteiger partial charge in [-0.3, -0.25) is 9.13 Å². The molecule has 1 aliphatic heterocycles. The Morgan fingerprint density at radius 2 is 2.00 bits per heavy atom. The van der Waals surface area contributed by atoms with Crippen molar-refractivity contribution in [2.75, 3.05) is 4.90 Å². The molecule has 0 N–H and O–H groups in total. The second kappa shape index (κ2) is 7.68. The van der Waals surface area contributed by atoms with Gasteiger partial charge in [0.1, 0.15) is 17.8 Å². The second-order valence-corrected chi connectivity index (χ2v) is 6.90. The number of nitrogens with zero attached hydrogens (tertiary/aromatic N) is 8. The van der Waals surface area contributed by atoms with Crippen LogP contribution in [0.3, 0.4) is 0 Å². The summed E-state index contributed by atoms with van der Waals surface area (Å²) < 4.78 is 140.